The first-order valence-electron chi connectivity index (χ1n) is 5.80. The summed E-state index contributed by atoms with van der Waals surface area (Å²) in [5.74, 6) is 0.672. The molecule has 3 nitrogen and oxygen atoms in total. The first-order valence-corrected chi connectivity index (χ1v) is 6.58. The minimum absolute atomic E-state index is 0.672. The van der Waals surface area contributed by atoms with E-state index in [1.807, 2.05) is 0 Å². The van der Waals surface area contributed by atoms with Gasteiger partial charge in [0, 0.05) is 5.69 Å². The molecule has 2 heterocycles. The zero-order valence-corrected chi connectivity index (χ0v) is 10.2. The van der Waals surface area contributed by atoms with E-state index in [0.717, 1.165) is 23.1 Å². The van der Waals surface area contributed by atoms with Gasteiger partial charge >= 0.3 is 0 Å². The van der Waals surface area contributed by atoms with Gasteiger partial charge in [0.05, 0.1) is 5.39 Å². The number of fused-ring (bicyclic) bond motifs is 3. The van der Waals surface area contributed by atoms with Crippen LogP contribution in [-0.4, -0.2) is 9.36 Å². The van der Waals surface area contributed by atoms with Crippen LogP contribution in [0.4, 0.5) is 5.82 Å². The smallest absolute Gasteiger partial charge is 0.146 e. The van der Waals surface area contributed by atoms with E-state index >= 15 is 0 Å². The van der Waals surface area contributed by atoms with Crippen molar-refractivity contribution < 1.29 is 0 Å². The maximum Gasteiger partial charge on any atom is 0.146 e. The Morgan fingerprint density at radius 2 is 1.88 bits per heavy atom. The molecule has 0 saturated heterocycles. The van der Waals surface area contributed by atoms with Crippen LogP contribution >= 0.6 is 11.5 Å². The lowest BCUT2D eigenvalue weighted by atomic mass is 9.99. The number of rotatable bonds is 0. The maximum absolute atomic E-state index is 5.96. The summed E-state index contributed by atoms with van der Waals surface area (Å²) in [6.45, 7) is 2.11. The molecule has 2 N–H and O–H groups in total. The second kappa shape index (κ2) is 3.70. The van der Waals surface area contributed by atoms with Crippen LogP contribution in [0.3, 0.4) is 0 Å². The molecule has 0 unspecified atom stereocenters. The highest BCUT2D eigenvalue weighted by molar-refractivity contribution is 7.13. The summed E-state index contributed by atoms with van der Waals surface area (Å²) in [7, 11) is 0. The molecule has 0 bridgehead atoms. The lowest BCUT2D eigenvalue weighted by molar-refractivity contribution is 0.711. The summed E-state index contributed by atoms with van der Waals surface area (Å²) in [6.07, 6.45) is 6.14. The fourth-order valence-corrected chi connectivity index (χ4v) is 3.40. The third-order valence-corrected chi connectivity index (χ3v) is 4.18. The molecule has 2 aromatic rings. The van der Waals surface area contributed by atoms with Crippen LogP contribution in [0.15, 0.2) is 0 Å². The minimum Gasteiger partial charge on any atom is -0.382 e. The van der Waals surface area contributed by atoms with Gasteiger partial charge in [-0.05, 0) is 55.3 Å². The molecule has 0 aromatic carbocycles. The van der Waals surface area contributed by atoms with Crippen LogP contribution in [0.1, 0.15) is 36.1 Å². The number of nitrogen functional groups attached to an aromatic ring is 1. The molecular weight excluding hydrogens is 218 g/mol. The monoisotopic (exact) mass is 233 g/mol. The standard InChI is InChI=1S/C12H15N3S/c1-7-8-5-3-2-4-6-9(8)10-11(13)15-16-12(10)14-7/h2-6H2,1H3,(H2,13,15). The summed E-state index contributed by atoms with van der Waals surface area (Å²) < 4.78 is 4.23. The van der Waals surface area contributed by atoms with E-state index < -0.39 is 0 Å². The summed E-state index contributed by atoms with van der Waals surface area (Å²) in [6, 6.07) is 0. The van der Waals surface area contributed by atoms with Gasteiger partial charge in [0.2, 0.25) is 0 Å². The summed E-state index contributed by atoms with van der Waals surface area (Å²) >= 11 is 1.42. The molecule has 4 heteroatoms. The Hall–Kier alpha value is -1.16. The van der Waals surface area contributed by atoms with Gasteiger partial charge < -0.3 is 5.73 Å². The molecule has 0 atom stereocenters. The van der Waals surface area contributed by atoms with Gasteiger partial charge in [0.1, 0.15) is 10.6 Å². The molecule has 1 aliphatic rings. The minimum atomic E-state index is 0.672. The van der Waals surface area contributed by atoms with Crippen molar-refractivity contribution in [3.05, 3.63) is 16.8 Å². The van der Waals surface area contributed by atoms with Gasteiger partial charge in [0.15, 0.2) is 0 Å². The molecule has 16 heavy (non-hydrogen) atoms. The number of aromatic nitrogens is 2. The Morgan fingerprint density at radius 3 is 2.69 bits per heavy atom. The SMILES string of the molecule is Cc1nc2snc(N)c2c2c1CCCCC2. The lowest BCUT2D eigenvalue weighted by Crippen LogP contribution is -2.00. The topological polar surface area (TPSA) is 51.8 Å². The van der Waals surface area contributed by atoms with E-state index in [9.17, 15) is 0 Å². The van der Waals surface area contributed by atoms with E-state index in [2.05, 4.69) is 16.3 Å². The highest BCUT2D eigenvalue weighted by atomic mass is 32.1. The van der Waals surface area contributed by atoms with Crippen molar-refractivity contribution in [3.8, 4) is 0 Å². The fraction of sp³-hybridized carbons (Fsp3) is 0.500. The van der Waals surface area contributed by atoms with Crippen LogP contribution < -0.4 is 5.73 Å². The van der Waals surface area contributed by atoms with E-state index in [-0.39, 0.29) is 0 Å². The Morgan fingerprint density at radius 1 is 1.12 bits per heavy atom. The van der Waals surface area contributed by atoms with Crippen LogP contribution in [-0.2, 0) is 12.8 Å². The summed E-state index contributed by atoms with van der Waals surface area (Å²) in [5, 5.41) is 1.13. The fourth-order valence-electron chi connectivity index (χ4n) is 2.63. The Balaban J connectivity index is 2.35. The molecule has 3 rings (SSSR count). The van der Waals surface area contributed by atoms with Crippen molar-refractivity contribution in [3.63, 3.8) is 0 Å². The lowest BCUT2D eigenvalue weighted by Gasteiger charge is -2.10. The molecule has 0 saturated carbocycles. The number of aryl methyl sites for hydroxylation is 2. The zero-order valence-electron chi connectivity index (χ0n) is 9.42. The van der Waals surface area contributed by atoms with Crippen molar-refractivity contribution in [2.45, 2.75) is 39.0 Å². The van der Waals surface area contributed by atoms with Crippen LogP contribution in [0.25, 0.3) is 10.2 Å². The quantitative estimate of drug-likeness (QED) is 0.712. The molecule has 84 valence electrons. The average molecular weight is 233 g/mol. The van der Waals surface area contributed by atoms with Crippen molar-refractivity contribution in [1.29, 1.82) is 0 Å². The van der Waals surface area contributed by atoms with E-state index in [1.165, 1.54) is 47.6 Å². The number of nitrogens with two attached hydrogens (primary N) is 1. The third-order valence-electron chi connectivity index (χ3n) is 3.43. The maximum atomic E-state index is 5.96. The van der Waals surface area contributed by atoms with E-state index in [1.54, 1.807) is 0 Å². The second-order valence-corrected chi connectivity index (χ2v) is 5.21. The molecule has 2 aromatic heterocycles. The first-order chi connectivity index (χ1) is 7.77. The van der Waals surface area contributed by atoms with Crippen molar-refractivity contribution in [2.24, 2.45) is 0 Å². The summed E-state index contributed by atoms with van der Waals surface area (Å²) in [5.41, 5.74) is 9.98. The van der Waals surface area contributed by atoms with Gasteiger partial charge in [-0.3, -0.25) is 0 Å². The van der Waals surface area contributed by atoms with Gasteiger partial charge in [-0.2, -0.15) is 4.37 Å². The molecule has 0 spiro atoms. The highest BCUT2D eigenvalue weighted by Crippen LogP contribution is 2.33. The molecule has 0 amide bonds. The first kappa shape index (κ1) is 10.0. The van der Waals surface area contributed by atoms with Gasteiger partial charge in [0.25, 0.3) is 0 Å². The predicted molar refractivity (Wildman–Crippen MR) is 67.8 cm³/mol. The number of nitrogens with zero attached hydrogens (tertiary/aromatic N) is 2. The molecular formula is C12H15N3S. The van der Waals surface area contributed by atoms with Gasteiger partial charge in [-0.25, -0.2) is 4.98 Å². The average Bonchev–Trinajstić information content (AvgIpc) is 2.53. The number of anilines is 1. The molecule has 1 aliphatic carbocycles. The van der Waals surface area contributed by atoms with Gasteiger partial charge in [-0.1, -0.05) is 6.42 Å². The molecule has 0 radical (unpaired) electrons. The molecule has 0 aliphatic heterocycles. The Kier molecular flexibility index (Phi) is 2.32. The zero-order chi connectivity index (χ0) is 11.1. The number of hydrogen-bond donors (Lipinski definition) is 1. The predicted octanol–water partition coefficient (Wildman–Crippen LogP) is 2.85. The van der Waals surface area contributed by atoms with Gasteiger partial charge in [-0.15, -0.1) is 0 Å². The van der Waals surface area contributed by atoms with Crippen LogP contribution in [0.5, 0.6) is 0 Å². The Bertz CT molecular complexity index is 545. The van der Waals surface area contributed by atoms with Crippen LogP contribution in [0, 0.1) is 6.92 Å². The third kappa shape index (κ3) is 1.40. The number of hydrogen-bond acceptors (Lipinski definition) is 4. The largest absolute Gasteiger partial charge is 0.382 e. The normalized spacial score (nSPS) is 16.1. The highest BCUT2D eigenvalue weighted by Gasteiger charge is 2.18. The molecule has 0 fully saturated rings. The van der Waals surface area contributed by atoms with Crippen molar-refractivity contribution >= 4 is 27.6 Å². The second-order valence-electron chi connectivity index (χ2n) is 4.46. The van der Waals surface area contributed by atoms with E-state index in [4.69, 9.17) is 5.73 Å². The Labute approximate surface area is 98.9 Å². The van der Waals surface area contributed by atoms with Crippen LogP contribution in [0.2, 0.25) is 0 Å². The number of pyridine rings is 1. The van der Waals surface area contributed by atoms with Crippen molar-refractivity contribution in [1.82, 2.24) is 9.36 Å². The van der Waals surface area contributed by atoms with Crippen molar-refractivity contribution in [2.75, 3.05) is 5.73 Å². The summed E-state index contributed by atoms with van der Waals surface area (Å²) in [4.78, 5) is 5.64. The van der Waals surface area contributed by atoms with E-state index in [0.29, 0.717) is 5.82 Å².